The Bertz CT molecular complexity index is 756. The maximum absolute atomic E-state index is 12.0. The molecular formula is C13H16N4O4S. The van der Waals surface area contributed by atoms with Crippen LogP contribution in [0.3, 0.4) is 0 Å². The van der Waals surface area contributed by atoms with Gasteiger partial charge < -0.3 is 15.1 Å². The number of hydrogen-bond acceptors (Lipinski definition) is 6. The first-order chi connectivity index (χ1) is 10.4. The van der Waals surface area contributed by atoms with Crippen molar-refractivity contribution in [1.82, 2.24) is 10.3 Å². The molecule has 9 heteroatoms. The SMILES string of the molecule is CCNC(=O)S(=O)(=O)Nc1c(C)ccnc1Nc1ccco1. The third-order valence-electron chi connectivity index (χ3n) is 2.72. The Morgan fingerprint density at radius 3 is 2.77 bits per heavy atom. The molecule has 0 bridgehead atoms. The summed E-state index contributed by atoms with van der Waals surface area (Å²) in [4.78, 5) is 15.7. The number of aromatic nitrogens is 1. The molecule has 2 aromatic rings. The Labute approximate surface area is 128 Å². The molecule has 0 atom stereocenters. The molecule has 0 spiro atoms. The molecule has 22 heavy (non-hydrogen) atoms. The van der Waals surface area contributed by atoms with E-state index in [1.165, 1.54) is 12.5 Å². The summed E-state index contributed by atoms with van der Waals surface area (Å²) in [5.41, 5.74) is 0.794. The highest BCUT2D eigenvalue weighted by Gasteiger charge is 2.23. The Morgan fingerprint density at radius 1 is 1.36 bits per heavy atom. The highest BCUT2D eigenvalue weighted by Crippen LogP contribution is 2.27. The minimum atomic E-state index is -4.21. The van der Waals surface area contributed by atoms with Crippen LogP contribution in [0.15, 0.2) is 35.1 Å². The van der Waals surface area contributed by atoms with Gasteiger partial charge in [0.05, 0.1) is 12.0 Å². The van der Waals surface area contributed by atoms with Crippen molar-refractivity contribution in [2.75, 3.05) is 16.6 Å². The number of amides is 1. The zero-order valence-electron chi connectivity index (χ0n) is 12.1. The number of pyridine rings is 1. The summed E-state index contributed by atoms with van der Waals surface area (Å²) in [5, 5.41) is 4.00. The molecule has 0 radical (unpaired) electrons. The lowest BCUT2D eigenvalue weighted by atomic mass is 10.2. The third-order valence-corrected chi connectivity index (χ3v) is 3.83. The summed E-state index contributed by atoms with van der Waals surface area (Å²) in [6, 6.07) is 4.96. The van der Waals surface area contributed by atoms with Crippen LogP contribution in [0.2, 0.25) is 0 Å². The molecule has 8 nitrogen and oxygen atoms in total. The predicted molar refractivity (Wildman–Crippen MR) is 82.6 cm³/mol. The van der Waals surface area contributed by atoms with Gasteiger partial charge in [0.2, 0.25) is 0 Å². The fourth-order valence-electron chi connectivity index (χ4n) is 1.67. The first-order valence-electron chi connectivity index (χ1n) is 6.51. The Morgan fingerprint density at radius 2 is 2.14 bits per heavy atom. The van der Waals surface area contributed by atoms with Gasteiger partial charge in [0, 0.05) is 18.8 Å². The monoisotopic (exact) mass is 324 g/mol. The van der Waals surface area contributed by atoms with Crippen LogP contribution < -0.4 is 15.4 Å². The Balaban J connectivity index is 2.32. The zero-order chi connectivity index (χ0) is 16.2. The highest BCUT2D eigenvalue weighted by molar-refractivity contribution is 8.07. The van der Waals surface area contributed by atoms with Gasteiger partial charge in [-0.2, -0.15) is 8.42 Å². The van der Waals surface area contributed by atoms with E-state index < -0.39 is 15.3 Å². The predicted octanol–water partition coefficient (Wildman–Crippen LogP) is 2.20. The molecule has 0 aliphatic heterocycles. The van der Waals surface area contributed by atoms with Crippen LogP contribution in [-0.2, 0) is 10.0 Å². The standard InChI is InChI=1S/C13H16N4O4S/c1-3-14-13(18)22(19,20)17-11-9(2)6-7-15-12(11)16-10-5-4-8-21-10/h4-8,17H,3H2,1-2H3,(H,14,18)(H,15,16). The number of anilines is 3. The summed E-state index contributed by atoms with van der Waals surface area (Å²) >= 11 is 0. The van der Waals surface area contributed by atoms with E-state index in [1.807, 2.05) is 0 Å². The summed E-state index contributed by atoms with van der Waals surface area (Å²) in [7, 11) is -4.21. The van der Waals surface area contributed by atoms with E-state index in [0.29, 0.717) is 11.4 Å². The van der Waals surface area contributed by atoms with Gasteiger partial charge in [-0.15, -0.1) is 0 Å². The number of nitrogens with zero attached hydrogens (tertiary/aromatic N) is 1. The quantitative estimate of drug-likeness (QED) is 0.777. The number of hydrogen-bond donors (Lipinski definition) is 3. The van der Waals surface area contributed by atoms with E-state index in [1.54, 1.807) is 32.0 Å². The molecule has 118 valence electrons. The largest absolute Gasteiger partial charge is 0.449 e. The Hall–Kier alpha value is -2.55. The summed E-state index contributed by atoms with van der Waals surface area (Å²) in [6.07, 6.45) is 2.99. The van der Waals surface area contributed by atoms with Crippen LogP contribution in [0.4, 0.5) is 22.2 Å². The highest BCUT2D eigenvalue weighted by atomic mass is 32.2. The van der Waals surface area contributed by atoms with Crippen LogP contribution in [0.5, 0.6) is 0 Å². The molecule has 0 aliphatic rings. The fraction of sp³-hybridized carbons (Fsp3) is 0.231. The molecule has 2 rings (SSSR count). The zero-order valence-corrected chi connectivity index (χ0v) is 12.9. The van der Waals surface area contributed by atoms with E-state index in [9.17, 15) is 13.2 Å². The molecule has 0 aromatic carbocycles. The fourth-order valence-corrected chi connectivity index (χ4v) is 2.62. The normalized spacial score (nSPS) is 11.0. The first-order valence-corrected chi connectivity index (χ1v) is 7.99. The summed E-state index contributed by atoms with van der Waals surface area (Å²) in [6.45, 7) is 3.54. The molecular weight excluding hydrogens is 308 g/mol. The molecule has 0 saturated heterocycles. The van der Waals surface area contributed by atoms with Gasteiger partial charge in [-0.05, 0) is 31.5 Å². The van der Waals surface area contributed by atoms with E-state index in [2.05, 4.69) is 20.3 Å². The lowest BCUT2D eigenvalue weighted by molar-refractivity contribution is 0.259. The summed E-state index contributed by atoms with van der Waals surface area (Å²) < 4.78 is 31.4. The minimum Gasteiger partial charge on any atom is -0.449 e. The lowest BCUT2D eigenvalue weighted by Crippen LogP contribution is -2.34. The van der Waals surface area contributed by atoms with Crippen LogP contribution in [0, 0.1) is 6.92 Å². The number of sulfonamides is 1. The number of carbonyl (C=O) groups excluding carboxylic acids is 1. The first kappa shape index (κ1) is 15.8. The van der Waals surface area contributed by atoms with Gasteiger partial charge in [-0.1, -0.05) is 0 Å². The number of rotatable bonds is 5. The molecule has 2 aromatic heterocycles. The van der Waals surface area contributed by atoms with Gasteiger partial charge in [-0.25, -0.2) is 4.98 Å². The van der Waals surface area contributed by atoms with Crippen molar-refractivity contribution in [3.63, 3.8) is 0 Å². The second-order valence-corrected chi connectivity index (χ2v) is 5.96. The van der Waals surface area contributed by atoms with Gasteiger partial charge in [0.25, 0.3) is 0 Å². The van der Waals surface area contributed by atoms with Crippen LogP contribution in [0.25, 0.3) is 0 Å². The molecule has 0 unspecified atom stereocenters. The van der Waals surface area contributed by atoms with Gasteiger partial charge in [0.15, 0.2) is 11.7 Å². The van der Waals surface area contributed by atoms with Crippen LogP contribution in [0.1, 0.15) is 12.5 Å². The van der Waals surface area contributed by atoms with Gasteiger partial charge in [0.1, 0.15) is 0 Å². The molecule has 3 N–H and O–H groups in total. The average Bonchev–Trinajstić information content (AvgIpc) is 2.96. The molecule has 2 heterocycles. The second-order valence-electron chi connectivity index (χ2n) is 4.38. The molecule has 1 amide bonds. The average molecular weight is 324 g/mol. The van der Waals surface area contributed by atoms with Crippen molar-refractivity contribution >= 4 is 32.7 Å². The van der Waals surface area contributed by atoms with Crippen molar-refractivity contribution in [2.24, 2.45) is 0 Å². The van der Waals surface area contributed by atoms with E-state index >= 15 is 0 Å². The lowest BCUT2D eigenvalue weighted by Gasteiger charge is -2.14. The second kappa shape index (κ2) is 6.48. The van der Waals surface area contributed by atoms with Crippen molar-refractivity contribution < 1.29 is 17.6 Å². The summed E-state index contributed by atoms with van der Waals surface area (Å²) in [5.74, 6) is 0.638. The van der Waals surface area contributed by atoms with Crippen LogP contribution >= 0.6 is 0 Å². The van der Waals surface area contributed by atoms with Crippen LogP contribution in [-0.4, -0.2) is 25.2 Å². The van der Waals surface area contributed by atoms with E-state index in [4.69, 9.17) is 4.42 Å². The number of aryl methyl sites for hydroxylation is 1. The third kappa shape index (κ3) is 3.55. The van der Waals surface area contributed by atoms with Crippen molar-refractivity contribution in [3.05, 3.63) is 36.2 Å². The molecule has 0 saturated carbocycles. The minimum absolute atomic E-state index is 0.185. The maximum atomic E-state index is 12.0. The van der Waals surface area contributed by atoms with Gasteiger partial charge in [-0.3, -0.25) is 9.52 Å². The van der Waals surface area contributed by atoms with E-state index in [-0.39, 0.29) is 18.1 Å². The molecule has 0 fully saturated rings. The number of furan rings is 1. The van der Waals surface area contributed by atoms with Crippen molar-refractivity contribution in [2.45, 2.75) is 13.8 Å². The van der Waals surface area contributed by atoms with Crippen molar-refractivity contribution in [3.8, 4) is 0 Å². The van der Waals surface area contributed by atoms with Gasteiger partial charge >= 0.3 is 15.3 Å². The number of carbonyl (C=O) groups is 1. The Kier molecular flexibility index (Phi) is 4.66. The molecule has 0 aliphatic carbocycles. The van der Waals surface area contributed by atoms with Crippen molar-refractivity contribution in [1.29, 1.82) is 0 Å². The number of nitrogens with one attached hydrogen (secondary N) is 3. The van der Waals surface area contributed by atoms with E-state index in [0.717, 1.165) is 0 Å². The maximum Gasteiger partial charge on any atom is 0.356 e. The smallest absolute Gasteiger partial charge is 0.356 e. The topological polar surface area (TPSA) is 113 Å².